The molecule has 0 radical (unpaired) electrons. The van der Waals surface area contributed by atoms with Gasteiger partial charge in [0.15, 0.2) is 6.10 Å². The van der Waals surface area contributed by atoms with Crippen molar-refractivity contribution in [2.45, 2.75) is 129 Å². The van der Waals surface area contributed by atoms with E-state index in [0.717, 1.165) is 32.1 Å². The average Bonchev–Trinajstić information content (AvgIpc) is 2.86. The van der Waals surface area contributed by atoms with Gasteiger partial charge in [-0.15, -0.1) is 0 Å². The SMILES string of the molecule is CCCCC/C=C/CCC(=O)OC(COCCC(C(=O)[O-])[N+](C)(C)C)COC(=O)CCCCCCCCCC. The van der Waals surface area contributed by atoms with E-state index >= 15 is 0 Å². The van der Waals surface area contributed by atoms with Gasteiger partial charge in [0.05, 0.1) is 40.3 Å². The molecule has 228 valence electrons. The highest BCUT2D eigenvalue weighted by atomic mass is 16.6. The molecular formula is C31H57NO7. The number of esters is 2. The van der Waals surface area contributed by atoms with Gasteiger partial charge < -0.3 is 28.6 Å². The summed E-state index contributed by atoms with van der Waals surface area (Å²) >= 11 is 0. The number of carbonyl (C=O) groups is 3. The van der Waals surface area contributed by atoms with E-state index in [0.29, 0.717) is 12.8 Å². The van der Waals surface area contributed by atoms with Crippen molar-refractivity contribution in [1.82, 2.24) is 0 Å². The topological polar surface area (TPSA) is 102 Å². The molecule has 39 heavy (non-hydrogen) atoms. The van der Waals surface area contributed by atoms with E-state index in [9.17, 15) is 19.5 Å². The normalized spacial score (nSPS) is 13.4. The second-order valence-electron chi connectivity index (χ2n) is 11.3. The van der Waals surface area contributed by atoms with E-state index in [1.165, 1.54) is 44.9 Å². The number of nitrogens with zero attached hydrogens (tertiary/aromatic N) is 1. The van der Waals surface area contributed by atoms with E-state index < -0.39 is 18.1 Å². The van der Waals surface area contributed by atoms with Crippen LogP contribution in [-0.2, 0) is 28.6 Å². The van der Waals surface area contributed by atoms with Crippen molar-refractivity contribution in [1.29, 1.82) is 0 Å². The largest absolute Gasteiger partial charge is 0.544 e. The number of unbranched alkanes of at least 4 members (excludes halogenated alkanes) is 10. The van der Waals surface area contributed by atoms with Gasteiger partial charge in [-0.25, -0.2) is 0 Å². The minimum atomic E-state index is -1.13. The molecule has 0 aromatic heterocycles. The third kappa shape index (κ3) is 22.6. The molecule has 0 saturated carbocycles. The molecule has 0 aromatic carbocycles. The van der Waals surface area contributed by atoms with Crippen molar-refractivity contribution in [3.63, 3.8) is 0 Å². The summed E-state index contributed by atoms with van der Waals surface area (Å²) in [4.78, 5) is 36.1. The van der Waals surface area contributed by atoms with Gasteiger partial charge in [-0.05, 0) is 25.7 Å². The summed E-state index contributed by atoms with van der Waals surface area (Å²) in [6, 6.07) is -0.723. The number of hydrogen-bond acceptors (Lipinski definition) is 7. The maximum Gasteiger partial charge on any atom is 0.306 e. The van der Waals surface area contributed by atoms with Gasteiger partial charge in [-0.1, -0.05) is 83.8 Å². The number of hydrogen-bond donors (Lipinski definition) is 0. The van der Waals surface area contributed by atoms with Crippen molar-refractivity contribution in [3.05, 3.63) is 12.2 Å². The smallest absolute Gasteiger partial charge is 0.306 e. The lowest BCUT2D eigenvalue weighted by Gasteiger charge is -2.34. The number of carboxylic acid groups (broad SMARTS) is 1. The number of carboxylic acids is 1. The predicted octanol–water partition coefficient (Wildman–Crippen LogP) is 5.12. The minimum absolute atomic E-state index is 0.0283. The molecule has 0 aliphatic rings. The van der Waals surface area contributed by atoms with Gasteiger partial charge in [-0.3, -0.25) is 9.59 Å². The fourth-order valence-electron chi connectivity index (χ4n) is 4.20. The molecule has 2 unspecified atom stereocenters. The highest BCUT2D eigenvalue weighted by Crippen LogP contribution is 2.11. The zero-order chi connectivity index (χ0) is 29.4. The first-order chi connectivity index (χ1) is 18.6. The Morgan fingerprint density at radius 2 is 1.33 bits per heavy atom. The number of quaternary nitrogens is 1. The summed E-state index contributed by atoms with van der Waals surface area (Å²) in [5, 5.41) is 11.5. The third-order valence-corrected chi connectivity index (χ3v) is 6.67. The van der Waals surface area contributed by atoms with Crippen LogP contribution < -0.4 is 5.11 Å². The van der Waals surface area contributed by atoms with Crippen LogP contribution >= 0.6 is 0 Å². The summed E-state index contributed by atoms with van der Waals surface area (Å²) in [6.45, 7) is 4.48. The van der Waals surface area contributed by atoms with Crippen LogP contribution in [0.15, 0.2) is 12.2 Å². The van der Waals surface area contributed by atoms with E-state index in [1.807, 2.05) is 6.08 Å². The summed E-state index contributed by atoms with van der Waals surface area (Å²) in [5.74, 6) is -1.81. The van der Waals surface area contributed by atoms with Gasteiger partial charge in [0.1, 0.15) is 12.6 Å². The second-order valence-corrected chi connectivity index (χ2v) is 11.3. The minimum Gasteiger partial charge on any atom is -0.544 e. The molecule has 8 heteroatoms. The van der Waals surface area contributed by atoms with Crippen molar-refractivity contribution in [2.75, 3.05) is 41.0 Å². The summed E-state index contributed by atoms with van der Waals surface area (Å²) in [6.07, 6.45) is 18.5. The first kappa shape index (κ1) is 37.1. The molecular weight excluding hydrogens is 498 g/mol. The zero-order valence-corrected chi connectivity index (χ0v) is 25.5. The quantitative estimate of drug-likeness (QED) is 0.0632. The fourth-order valence-corrected chi connectivity index (χ4v) is 4.20. The number of likely N-dealkylation sites (N-methyl/N-ethyl adjacent to an activating group) is 1. The molecule has 8 nitrogen and oxygen atoms in total. The Kier molecular flexibility index (Phi) is 22.7. The average molecular weight is 556 g/mol. The molecule has 0 aliphatic heterocycles. The molecule has 0 heterocycles. The van der Waals surface area contributed by atoms with Crippen molar-refractivity contribution >= 4 is 17.9 Å². The van der Waals surface area contributed by atoms with Crippen LogP contribution in [0.4, 0.5) is 0 Å². The number of aliphatic carboxylic acids is 1. The van der Waals surface area contributed by atoms with E-state index in [-0.39, 0.29) is 49.1 Å². The van der Waals surface area contributed by atoms with Gasteiger partial charge in [0, 0.05) is 19.3 Å². The van der Waals surface area contributed by atoms with Gasteiger partial charge in [-0.2, -0.15) is 0 Å². The number of allylic oxidation sites excluding steroid dienone is 2. The number of ether oxygens (including phenoxy) is 3. The van der Waals surface area contributed by atoms with Crippen LogP contribution in [-0.4, -0.2) is 75.5 Å². The first-order valence-corrected chi connectivity index (χ1v) is 15.2. The summed E-state index contributed by atoms with van der Waals surface area (Å²) in [5.41, 5.74) is 0. The summed E-state index contributed by atoms with van der Waals surface area (Å²) < 4.78 is 16.8. The maximum absolute atomic E-state index is 12.4. The Labute approximate surface area is 238 Å². The second kappa shape index (κ2) is 23.9. The molecule has 0 N–H and O–H groups in total. The Morgan fingerprint density at radius 1 is 0.744 bits per heavy atom. The monoisotopic (exact) mass is 555 g/mol. The Bertz CT molecular complexity index is 672. The van der Waals surface area contributed by atoms with Crippen LogP contribution in [0.25, 0.3) is 0 Å². The van der Waals surface area contributed by atoms with Gasteiger partial charge in [0.2, 0.25) is 0 Å². The Balaban J connectivity index is 4.57. The number of carbonyl (C=O) groups excluding carboxylic acids is 3. The van der Waals surface area contributed by atoms with Crippen LogP contribution in [0, 0.1) is 0 Å². The standard InChI is InChI=1S/C31H57NO7/c1-6-8-10-12-14-16-17-19-21-29(33)38-26-27(25-37-24-23-28(31(35)36)32(3,4)5)39-30(34)22-20-18-15-13-11-9-7-2/h15,18,27-28H,6-14,16-17,19-26H2,1-5H3/b18-15+. The van der Waals surface area contributed by atoms with Crippen LogP contribution in [0.1, 0.15) is 117 Å². The molecule has 0 aliphatic carbocycles. The zero-order valence-electron chi connectivity index (χ0n) is 25.5. The predicted molar refractivity (Wildman–Crippen MR) is 153 cm³/mol. The van der Waals surface area contributed by atoms with Crippen molar-refractivity contribution in [2.24, 2.45) is 0 Å². The molecule has 2 atom stereocenters. The van der Waals surface area contributed by atoms with Crippen molar-refractivity contribution in [3.8, 4) is 0 Å². The van der Waals surface area contributed by atoms with Crippen LogP contribution in [0.5, 0.6) is 0 Å². The lowest BCUT2D eigenvalue weighted by atomic mass is 10.1. The Morgan fingerprint density at radius 3 is 1.95 bits per heavy atom. The summed E-state index contributed by atoms with van der Waals surface area (Å²) in [7, 11) is 5.36. The molecule has 0 rings (SSSR count). The van der Waals surface area contributed by atoms with E-state index in [4.69, 9.17) is 14.2 Å². The highest BCUT2D eigenvalue weighted by molar-refractivity contribution is 5.70. The maximum atomic E-state index is 12.4. The molecule has 0 spiro atoms. The third-order valence-electron chi connectivity index (χ3n) is 6.67. The van der Waals surface area contributed by atoms with Gasteiger partial charge in [0.25, 0.3) is 0 Å². The van der Waals surface area contributed by atoms with Crippen molar-refractivity contribution < 1.29 is 38.2 Å². The number of rotatable bonds is 26. The van der Waals surface area contributed by atoms with E-state index in [1.54, 1.807) is 21.1 Å². The Hall–Kier alpha value is -1.93. The molecule has 0 amide bonds. The molecule has 0 bridgehead atoms. The van der Waals surface area contributed by atoms with Crippen LogP contribution in [0.2, 0.25) is 0 Å². The molecule has 0 fully saturated rings. The van der Waals surface area contributed by atoms with Crippen LogP contribution in [0.3, 0.4) is 0 Å². The lowest BCUT2D eigenvalue weighted by molar-refractivity contribution is -0.889. The van der Waals surface area contributed by atoms with E-state index in [2.05, 4.69) is 19.9 Å². The lowest BCUT2D eigenvalue weighted by Crippen LogP contribution is -2.55. The molecule has 0 aromatic rings. The first-order valence-electron chi connectivity index (χ1n) is 15.2. The van der Waals surface area contributed by atoms with Gasteiger partial charge >= 0.3 is 11.9 Å². The fraction of sp³-hybridized carbons (Fsp3) is 0.839. The highest BCUT2D eigenvalue weighted by Gasteiger charge is 2.25. The molecule has 0 saturated heterocycles.